The lowest BCUT2D eigenvalue weighted by Crippen LogP contribution is -2.40. The number of rotatable bonds is 8. The first-order valence-electron chi connectivity index (χ1n) is 18.0. The molecule has 0 saturated carbocycles. The zero-order valence-corrected chi connectivity index (χ0v) is 34.0. The monoisotopic (exact) mass is 891 g/mol. The average Bonchev–Trinajstić information content (AvgIpc) is 3.89. The molecule has 3 aromatic heterocycles. The fraction of sp³-hybridized carbons (Fsp3) is 0.371. The first-order valence-corrected chi connectivity index (χ1v) is 22.7. The van der Waals surface area contributed by atoms with Crippen LogP contribution in [0.5, 0.6) is 5.75 Å². The summed E-state index contributed by atoms with van der Waals surface area (Å²) in [6.45, 7) is -4.16. The summed E-state index contributed by atoms with van der Waals surface area (Å²) < 4.78 is 93.3. The molecule has 21 nitrogen and oxygen atoms in total. The molecule has 60 heavy (non-hydrogen) atoms. The molecule has 3 aliphatic heterocycles. The zero-order chi connectivity index (χ0) is 42.3. The number of alkyl halides is 1. The number of ether oxygens (including phenoxy) is 4. The standard InChI is InChI=1S/C35H36FN7O14P2S/c1-18-3-7-20(8-4-18)34(45)53-21-9-5-19(6-10-21)15-60-59(49)52-13-22-25(36)28(32(54-22)43-17-40-26-30(37)38-16-39-31(26)43)56-58(47,48)51-14-23-27(50-2)29(57-59)33(55-23)42-12-11-24(44)41-35(42)46/h3-12,16-17,22-23,25,27-29,32-33H,13-15H2,1-2H3,(H,47,48)(H2,37,38,39)(H,41,44,46)/t22-,23-,25-,27-,28-,29-,32-,33-,59+/m1/s1. The molecule has 25 heteroatoms. The number of nitrogens with one attached hydrogen (secondary N) is 1. The fourth-order valence-electron chi connectivity index (χ4n) is 6.74. The average molecular weight is 892 g/mol. The van der Waals surface area contributed by atoms with E-state index in [4.69, 9.17) is 42.8 Å². The van der Waals surface area contributed by atoms with Crippen LogP contribution in [0.15, 0.2) is 83.0 Å². The number of halogens is 1. The minimum Gasteiger partial charge on any atom is -0.423 e. The number of nitrogens with two attached hydrogens (primary N) is 1. The van der Waals surface area contributed by atoms with E-state index in [1.165, 1.54) is 18.0 Å². The lowest BCUT2D eigenvalue weighted by molar-refractivity contribution is -0.0669. The van der Waals surface area contributed by atoms with Crippen LogP contribution in [-0.4, -0.2) is 96.9 Å². The van der Waals surface area contributed by atoms with Gasteiger partial charge in [0.15, 0.2) is 30.1 Å². The maximum absolute atomic E-state index is 16.5. The maximum Gasteiger partial charge on any atom is 0.472 e. The molecule has 5 aromatic rings. The molecule has 10 atom stereocenters. The number of carbonyl (C=O) groups excluding carboxylic acids is 1. The molecule has 8 rings (SSSR count). The summed E-state index contributed by atoms with van der Waals surface area (Å²) in [6, 6.07) is 14.2. The predicted molar refractivity (Wildman–Crippen MR) is 208 cm³/mol. The maximum atomic E-state index is 16.5. The minimum atomic E-state index is -5.16. The molecule has 2 aromatic carbocycles. The Bertz CT molecular complexity index is 2600. The van der Waals surface area contributed by atoms with Gasteiger partial charge >= 0.3 is 26.3 Å². The molecule has 3 saturated heterocycles. The van der Waals surface area contributed by atoms with Gasteiger partial charge in [-0.25, -0.2) is 38.1 Å². The van der Waals surface area contributed by atoms with Crippen LogP contribution in [0.2, 0.25) is 0 Å². The van der Waals surface area contributed by atoms with Crippen molar-refractivity contribution in [1.82, 2.24) is 29.1 Å². The summed E-state index contributed by atoms with van der Waals surface area (Å²) in [5, 5.41) is 0. The smallest absolute Gasteiger partial charge is 0.423 e. The number of fused-ring (bicyclic) bond motifs is 5. The minimum absolute atomic E-state index is 0.00125. The fourth-order valence-corrected chi connectivity index (χ4v) is 11.0. The summed E-state index contributed by atoms with van der Waals surface area (Å²) in [4.78, 5) is 62.9. The number of carbonyl (C=O) groups is 1. The third-order valence-electron chi connectivity index (χ3n) is 9.72. The van der Waals surface area contributed by atoms with E-state index in [1.807, 2.05) is 6.92 Å². The molecule has 4 N–H and O–H groups in total. The third kappa shape index (κ3) is 8.74. The predicted octanol–water partition coefficient (Wildman–Crippen LogP) is 3.59. The van der Waals surface area contributed by atoms with Crippen molar-refractivity contribution >= 4 is 49.0 Å². The van der Waals surface area contributed by atoms with Gasteiger partial charge in [-0.2, -0.15) is 0 Å². The van der Waals surface area contributed by atoms with Crippen LogP contribution in [0.25, 0.3) is 11.2 Å². The van der Waals surface area contributed by atoms with Crippen LogP contribution in [-0.2, 0) is 47.2 Å². The van der Waals surface area contributed by atoms with E-state index in [0.717, 1.165) is 28.7 Å². The lowest BCUT2D eigenvalue weighted by Gasteiger charge is -2.29. The Hall–Kier alpha value is -4.64. The number of aromatic amines is 1. The molecule has 0 amide bonds. The van der Waals surface area contributed by atoms with E-state index in [2.05, 4.69) is 19.9 Å². The number of aryl methyl sites for hydroxylation is 1. The van der Waals surface area contributed by atoms with Gasteiger partial charge < -0.3 is 29.6 Å². The van der Waals surface area contributed by atoms with Gasteiger partial charge in [-0.15, -0.1) is 0 Å². The number of imidazole rings is 1. The van der Waals surface area contributed by atoms with E-state index in [-0.39, 0.29) is 28.5 Å². The number of phosphoric ester groups is 1. The first-order chi connectivity index (χ1) is 28.7. The number of H-pyrrole nitrogens is 1. The number of nitrogen functional groups attached to an aromatic ring is 1. The van der Waals surface area contributed by atoms with E-state index >= 15 is 4.39 Å². The second-order valence-corrected chi connectivity index (χ2v) is 19.1. The third-order valence-corrected chi connectivity index (χ3v) is 14.4. The van der Waals surface area contributed by atoms with Crippen LogP contribution in [0.3, 0.4) is 0 Å². The summed E-state index contributed by atoms with van der Waals surface area (Å²) in [5.74, 6) is -0.367. The second-order valence-electron chi connectivity index (χ2n) is 13.7. The van der Waals surface area contributed by atoms with Gasteiger partial charge in [0.25, 0.3) is 5.56 Å². The van der Waals surface area contributed by atoms with E-state index in [1.54, 1.807) is 48.5 Å². The number of esters is 1. The van der Waals surface area contributed by atoms with Crippen LogP contribution in [0, 0.1) is 6.92 Å². The summed E-state index contributed by atoms with van der Waals surface area (Å²) in [5.41, 5.74) is 6.41. The Labute approximate surface area is 342 Å². The van der Waals surface area contributed by atoms with E-state index < -0.39 is 94.2 Å². The number of methoxy groups -OCH3 is 1. The highest BCUT2D eigenvalue weighted by Gasteiger charge is 2.55. The highest BCUT2D eigenvalue weighted by atomic mass is 32.7. The Morgan fingerprint density at radius 2 is 1.68 bits per heavy atom. The van der Waals surface area contributed by atoms with Crippen LogP contribution >= 0.6 is 26.0 Å². The molecule has 6 heterocycles. The molecule has 0 radical (unpaired) electrons. The van der Waals surface area contributed by atoms with Crippen molar-refractivity contribution in [3.05, 3.63) is 111 Å². The van der Waals surface area contributed by atoms with Gasteiger partial charge in [-0.05, 0) is 48.1 Å². The summed E-state index contributed by atoms with van der Waals surface area (Å²) in [7, 11) is -3.92. The Kier molecular flexibility index (Phi) is 11.9. The van der Waals surface area contributed by atoms with Crippen molar-refractivity contribution < 1.29 is 60.3 Å². The van der Waals surface area contributed by atoms with Crippen molar-refractivity contribution in [2.24, 2.45) is 0 Å². The van der Waals surface area contributed by atoms with Gasteiger partial charge in [-0.1, -0.05) is 29.8 Å². The van der Waals surface area contributed by atoms with Crippen LogP contribution in [0.1, 0.15) is 33.9 Å². The molecule has 0 spiro atoms. The quantitative estimate of drug-likeness (QED) is 0.114. The van der Waals surface area contributed by atoms with Crippen LogP contribution in [0.4, 0.5) is 10.2 Å². The summed E-state index contributed by atoms with van der Waals surface area (Å²) >= 11 is 0.690. The molecule has 3 fully saturated rings. The number of phosphoric acid groups is 1. The van der Waals surface area contributed by atoms with Gasteiger partial charge in [0.05, 0.1) is 25.1 Å². The van der Waals surface area contributed by atoms with E-state index in [0.29, 0.717) is 22.5 Å². The topological polar surface area (TPSA) is 270 Å². The zero-order valence-electron chi connectivity index (χ0n) is 31.4. The number of benzene rings is 2. The number of anilines is 1. The van der Waals surface area contributed by atoms with Gasteiger partial charge in [0, 0.05) is 25.1 Å². The number of hydrogen-bond donors (Lipinski definition) is 3. The molecular weight excluding hydrogens is 855 g/mol. The largest absolute Gasteiger partial charge is 0.472 e. The molecule has 1 unspecified atom stereocenters. The van der Waals surface area contributed by atoms with Crippen molar-refractivity contribution in [1.29, 1.82) is 0 Å². The Balaban J connectivity index is 1.10. The molecular formula is C35H36FN7O14P2S. The number of hydrogen-bond acceptors (Lipinski definition) is 18. The highest BCUT2D eigenvalue weighted by molar-refractivity contribution is 8.54. The molecule has 4 bridgehead atoms. The highest BCUT2D eigenvalue weighted by Crippen LogP contribution is 2.65. The van der Waals surface area contributed by atoms with Gasteiger partial charge in [0.2, 0.25) is 0 Å². The second kappa shape index (κ2) is 17.0. The number of nitrogens with zero attached hydrogens (tertiary/aromatic N) is 5. The number of aromatic nitrogens is 6. The first kappa shape index (κ1) is 42.1. The molecule has 0 aliphatic carbocycles. The van der Waals surface area contributed by atoms with Crippen molar-refractivity contribution in [3.8, 4) is 5.75 Å². The molecule has 318 valence electrons. The van der Waals surface area contributed by atoms with Crippen LogP contribution < -0.4 is 21.7 Å². The van der Waals surface area contributed by atoms with Gasteiger partial charge in [0.1, 0.15) is 48.1 Å². The Morgan fingerprint density at radius 1 is 0.967 bits per heavy atom. The van der Waals surface area contributed by atoms with Crippen molar-refractivity contribution in [3.63, 3.8) is 0 Å². The lowest BCUT2D eigenvalue weighted by atomic mass is 10.1. The Morgan fingerprint density at radius 3 is 2.42 bits per heavy atom. The van der Waals surface area contributed by atoms with E-state index in [9.17, 15) is 28.4 Å². The summed E-state index contributed by atoms with van der Waals surface area (Å²) in [6.07, 6.45) is -9.27. The SMILES string of the molecule is CO[C@H]1[C@H]2O[P@@](=O)(SCc3ccc(OC(=O)c4ccc(C)cc4)cc3)OC[C@H]3O[C@@H](n4cnc5c(N)ncnc54)[C@H](OP(=O)(O)OC[C@H]1O[C@H]2n1ccc(=O)[nH]c1=O)[C@@H]3F. The van der Waals surface area contributed by atoms with Gasteiger partial charge in [-0.3, -0.25) is 37.0 Å². The normalized spacial score (nSPS) is 30.9. The molecule has 3 aliphatic rings. The van der Waals surface area contributed by atoms with Crippen molar-refractivity contribution in [2.75, 3.05) is 26.1 Å². The van der Waals surface area contributed by atoms with Crippen molar-refractivity contribution in [2.45, 2.75) is 61.8 Å².